The molecule has 0 fully saturated rings. The van der Waals surface area contributed by atoms with Gasteiger partial charge in [0.05, 0.1) is 19.9 Å². The highest BCUT2D eigenvalue weighted by Crippen LogP contribution is 2.32. The van der Waals surface area contributed by atoms with Gasteiger partial charge < -0.3 is 9.47 Å². The lowest BCUT2D eigenvalue weighted by Gasteiger charge is -2.10. The van der Waals surface area contributed by atoms with Crippen molar-refractivity contribution in [3.63, 3.8) is 0 Å². The van der Waals surface area contributed by atoms with Gasteiger partial charge >= 0.3 is 0 Å². The van der Waals surface area contributed by atoms with Crippen LogP contribution in [0.3, 0.4) is 0 Å². The highest BCUT2D eigenvalue weighted by Gasteiger charge is 2.13. The zero-order chi connectivity index (χ0) is 17.2. The van der Waals surface area contributed by atoms with Crippen molar-refractivity contribution in [1.29, 1.82) is 0 Å². The van der Waals surface area contributed by atoms with Crippen LogP contribution in [0.2, 0.25) is 0 Å². The minimum atomic E-state index is 0.547. The standard InChI is InChI=1S/C19H16N4O2/c1-24-16-9-8-14(12-17(16)25-2)15-10-11-20-19-21-18(22-23(15)19)13-6-4-3-5-7-13/h3-12H,1-2H3. The molecule has 2 aromatic carbocycles. The van der Waals surface area contributed by atoms with E-state index in [0.717, 1.165) is 16.8 Å². The van der Waals surface area contributed by atoms with Gasteiger partial charge in [0.1, 0.15) is 0 Å². The molecule has 124 valence electrons. The molecule has 0 amide bonds. The Balaban J connectivity index is 1.87. The van der Waals surface area contributed by atoms with Crippen molar-refractivity contribution in [3.05, 3.63) is 60.8 Å². The first-order chi connectivity index (χ1) is 12.3. The maximum atomic E-state index is 5.40. The van der Waals surface area contributed by atoms with Gasteiger partial charge in [-0.05, 0) is 24.3 Å². The molecular weight excluding hydrogens is 316 g/mol. The molecule has 0 spiro atoms. The summed E-state index contributed by atoms with van der Waals surface area (Å²) >= 11 is 0. The van der Waals surface area contributed by atoms with Crippen LogP contribution < -0.4 is 9.47 Å². The van der Waals surface area contributed by atoms with Gasteiger partial charge in [-0.2, -0.15) is 9.50 Å². The topological polar surface area (TPSA) is 61.5 Å². The fourth-order valence-electron chi connectivity index (χ4n) is 2.72. The summed E-state index contributed by atoms with van der Waals surface area (Å²) in [7, 11) is 3.23. The van der Waals surface area contributed by atoms with E-state index in [4.69, 9.17) is 9.47 Å². The highest BCUT2D eigenvalue weighted by molar-refractivity contribution is 5.66. The van der Waals surface area contributed by atoms with Crippen LogP contribution in [0.4, 0.5) is 0 Å². The SMILES string of the molecule is COc1ccc(-c2ccnc3nc(-c4ccccc4)nn23)cc1OC. The molecule has 0 aliphatic carbocycles. The number of hydrogen-bond donors (Lipinski definition) is 0. The van der Waals surface area contributed by atoms with Gasteiger partial charge in [0.25, 0.3) is 5.78 Å². The molecule has 0 N–H and O–H groups in total. The van der Waals surface area contributed by atoms with Crippen molar-refractivity contribution < 1.29 is 9.47 Å². The average Bonchev–Trinajstić information content (AvgIpc) is 3.12. The predicted molar refractivity (Wildman–Crippen MR) is 94.8 cm³/mol. The van der Waals surface area contributed by atoms with E-state index in [1.165, 1.54) is 0 Å². The second-order valence-corrected chi connectivity index (χ2v) is 5.41. The molecule has 2 aromatic heterocycles. The summed E-state index contributed by atoms with van der Waals surface area (Å²) in [5.74, 6) is 2.53. The molecule has 0 radical (unpaired) electrons. The van der Waals surface area contributed by atoms with E-state index in [1.807, 2.05) is 54.6 Å². The Hall–Kier alpha value is -3.41. The van der Waals surface area contributed by atoms with Crippen molar-refractivity contribution in [2.75, 3.05) is 14.2 Å². The van der Waals surface area contributed by atoms with E-state index in [-0.39, 0.29) is 0 Å². The van der Waals surface area contributed by atoms with Crippen LogP contribution in [0.1, 0.15) is 0 Å². The van der Waals surface area contributed by atoms with Crippen molar-refractivity contribution >= 4 is 5.78 Å². The van der Waals surface area contributed by atoms with Crippen LogP contribution in [0.5, 0.6) is 11.5 Å². The Bertz CT molecular complexity index is 1030. The van der Waals surface area contributed by atoms with E-state index < -0.39 is 0 Å². The number of methoxy groups -OCH3 is 2. The second-order valence-electron chi connectivity index (χ2n) is 5.41. The van der Waals surface area contributed by atoms with Crippen LogP contribution in [0.15, 0.2) is 60.8 Å². The molecule has 6 nitrogen and oxygen atoms in total. The van der Waals surface area contributed by atoms with Crippen LogP contribution in [0, 0.1) is 0 Å². The molecule has 6 heteroatoms. The average molecular weight is 332 g/mol. The molecule has 2 heterocycles. The summed E-state index contributed by atoms with van der Waals surface area (Å²) in [6.07, 6.45) is 1.73. The fraction of sp³-hybridized carbons (Fsp3) is 0.105. The van der Waals surface area contributed by atoms with Crippen molar-refractivity contribution in [2.45, 2.75) is 0 Å². The van der Waals surface area contributed by atoms with Gasteiger partial charge in [0.2, 0.25) is 0 Å². The maximum absolute atomic E-state index is 5.40. The molecular formula is C19H16N4O2. The lowest BCUT2D eigenvalue weighted by atomic mass is 10.1. The van der Waals surface area contributed by atoms with Crippen LogP contribution in [-0.4, -0.2) is 33.8 Å². The Kier molecular flexibility index (Phi) is 3.78. The zero-order valence-corrected chi connectivity index (χ0v) is 13.9. The first-order valence-electron chi connectivity index (χ1n) is 7.80. The maximum Gasteiger partial charge on any atom is 0.253 e. The number of hydrogen-bond acceptors (Lipinski definition) is 5. The Morgan fingerprint density at radius 2 is 1.64 bits per heavy atom. The van der Waals surface area contributed by atoms with E-state index >= 15 is 0 Å². The third-order valence-electron chi connectivity index (χ3n) is 3.95. The Morgan fingerprint density at radius 3 is 2.40 bits per heavy atom. The van der Waals surface area contributed by atoms with Gasteiger partial charge in [-0.15, -0.1) is 5.10 Å². The normalized spacial score (nSPS) is 10.8. The summed E-state index contributed by atoms with van der Waals surface area (Å²) in [6, 6.07) is 17.5. The number of rotatable bonds is 4. The largest absolute Gasteiger partial charge is 0.493 e. The Morgan fingerprint density at radius 1 is 0.840 bits per heavy atom. The predicted octanol–water partition coefficient (Wildman–Crippen LogP) is 3.48. The summed E-state index contributed by atoms with van der Waals surface area (Å²) in [5.41, 5.74) is 2.77. The van der Waals surface area contributed by atoms with Gasteiger partial charge in [0, 0.05) is 17.3 Å². The van der Waals surface area contributed by atoms with Crippen molar-refractivity contribution in [1.82, 2.24) is 19.6 Å². The minimum absolute atomic E-state index is 0.547. The highest BCUT2D eigenvalue weighted by atomic mass is 16.5. The monoisotopic (exact) mass is 332 g/mol. The molecule has 0 atom stereocenters. The van der Waals surface area contributed by atoms with Crippen molar-refractivity contribution in [2.24, 2.45) is 0 Å². The van der Waals surface area contributed by atoms with E-state index in [1.54, 1.807) is 24.9 Å². The van der Waals surface area contributed by atoms with E-state index in [0.29, 0.717) is 23.1 Å². The third kappa shape index (κ3) is 2.67. The fourth-order valence-corrected chi connectivity index (χ4v) is 2.72. The van der Waals surface area contributed by atoms with Crippen LogP contribution in [-0.2, 0) is 0 Å². The van der Waals surface area contributed by atoms with Crippen LogP contribution >= 0.6 is 0 Å². The lowest BCUT2D eigenvalue weighted by molar-refractivity contribution is 0.355. The molecule has 0 bridgehead atoms. The van der Waals surface area contributed by atoms with Gasteiger partial charge in [-0.1, -0.05) is 30.3 Å². The minimum Gasteiger partial charge on any atom is -0.493 e. The summed E-state index contributed by atoms with van der Waals surface area (Å²) in [6.45, 7) is 0. The van der Waals surface area contributed by atoms with Gasteiger partial charge in [0.15, 0.2) is 17.3 Å². The Labute approximate surface area is 144 Å². The third-order valence-corrected chi connectivity index (χ3v) is 3.95. The number of nitrogens with zero attached hydrogens (tertiary/aromatic N) is 4. The molecule has 0 saturated carbocycles. The first-order valence-corrected chi connectivity index (χ1v) is 7.80. The summed E-state index contributed by atoms with van der Waals surface area (Å²) in [5, 5.41) is 4.63. The van der Waals surface area contributed by atoms with Gasteiger partial charge in [-0.3, -0.25) is 0 Å². The quantitative estimate of drug-likeness (QED) is 0.572. The number of aromatic nitrogens is 4. The summed E-state index contributed by atoms with van der Waals surface area (Å²) < 4.78 is 12.4. The van der Waals surface area contributed by atoms with Crippen molar-refractivity contribution in [3.8, 4) is 34.1 Å². The number of benzene rings is 2. The molecule has 4 rings (SSSR count). The molecule has 4 aromatic rings. The molecule has 0 aliphatic heterocycles. The second kappa shape index (κ2) is 6.24. The van der Waals surface area contributed by atoms with E-state index in [2.05, 4.69) is 15.1 Å². The van der Waals surface area contributed by atoms with E-state index in [9.17, 15) is 0 Å². The van der Waals surface area contributed by atoms with Gasteiger partial charge in [-0.25, -0.2) is 4.98 Å². The zero-order valence-electron chi connectivity index (χ0n) is 13.9. The van der Waals surface area contributed by atoms with Crippen LogP contribution in [0.25, 0.3) is 28.4 Å². The number of fused-ring (bicyclic) bond motifs is 1. The molecule has 0 unspecified atom stereocenters. The molecule has 25 heavy (non-hydrogen) atoms. The lowest BCUT2D eigenvalue weighted by Crippen LogP contribution is -1.97. The smallest absolute Gasteiger partial charge is 0.253 e. The molecule has 0 saturated heterocycles. The first kappa shape index (κ1) is 15.1. The summed E-state index contributed by atoms with van der Waals surface area (Å²) in [4.78, 5) is 8.85. The molecule has 0 aliphatic rings. The number of ether oxygens (including phenoxy) is 2.